The SMILES string of the molecule is Fc1cccc(F)c1-c1nc(Cl)c2ccsc2n1. The van der Waals surface area contributed by atoms with Crippen molar-refractivity contribution in [2.24, 2.45) is 0 Å². The second-order valence-corrected chi connectivity index (χ2v) is 4.83. The van der Waals surface area contributed by atoms with Gasteiger partial charge < -0.3 is 0 Å². The van der Waals surface area contributed by atoms with Crippen LogP contribution in [-0.2, 0) is 0 Å². The highest BCUT2D eigenvalue weighted by atomic mass is 35.5. The van der Waals surface area contributed by atoms with Gasteiger partial charge in [-0.25, -0.2) is 18.7 Å². The van der Waals surface area contributed by atoms with Crippen LogP contribution in [0.25, 0.3) is 21.6 Å². The summed E-state index contributed by atoms with van der Waals surface area (Å²) in [7, 11) is 0. The Kier molecular flexibility index (Phi) is 2.72. The van der Waals surface area contributed by atoms with Crippen LogP contribution in [-0.4, -0.2) is 9.97 Å². The molecule has 0 atom stereocenters. The second kappa shape index (κ2) is 4.26. The molecule has 0 bridgehead atoms. The summed E-state index contributed by atoms with van der Waals surface area (Å²) in [5.74, 6) is -1.45. The van der Waals surface area contributed by atoms with Gasteiger partial charge in [0.05, 0.1) is 5.56 Å². The highest BCUT2D eigenvalue weighted by Gasteiger charge is 2.16. The highest BCUT2D eigenvalue weighted by molar-refractivity contribution is 7.16. The molecule has 0 fully saturated rings. The lowest BCUT2D eigenvalue weighted by Gasteiger charge is -2.04. The van der Waals surface area contributed by atoms with E-state index in [1.54, 1.807) is 11.4 Å². The first-order valence-corrected chi connectivity index (χ1v) is 6.27. The monoisotopic (exact) mass is 282 g/mol. The third kappa shape index (κ3) is 1.76. The molecule has 2 aromatic heterocycles. The van der Waals surface area contributed by atoms with Crippen LogP contribution < -0.4 is 0 Å². The maximum Gasteiger partial charge on any atom is 0.168 e. The molecular weight excluding hydrogens is 278 g/mol. The van der Waals surface area contributed by atoms with Gasteiger partial charge in [-0.3, -0.25) is 0 Å². The van der Waals surface area contributed by atoms with Crippen LogP contribution in [0.4, 0.5) is 8.78 Å². The minimum Gasteiger partial charge on any atom is -0.217 e. The standard InChI is InChI=1S/C12H5ClF2N2S/c13-10-6-4-5-18-12(6)17-11(16-10)9-7(14)2-1-3-8(9)15/h1-5H. The Balaban J connectivity index is 2.31. The molecule has 0 saturated heterocycles. The average molecular weight is 283 g/mol. The molecule has 1 aromatic carbocycles. The van der Waals surface area contributed by atoms with E-state index >= 15 is 0 Å². The van der Waals surface area contributed by atoms with Crippen molar-refractivity contribution in [3.8, 4) is 11.4 Å². The van der Waals surface area contributed by atoms with Gasteiger partial charge in [0, 0.05) is 5.39 Å². The fourth-order valence-corrected chi connectivity index (χ4v) is 2.69. The smallest absolute Gasteiger partial charge is 0.168 e. The molecule has 0 radical (unpaired) electrons. The molecule has 0 amide bonds. The predicted molar refractivity (Wildman–Crippen MR) is 67.8 cm³/mol. The van der Waals surface area contributed by atoms with E-state index in [4.69, 9.17) is 11.6 Å². The van der Waals surface area contributed by atoms with E-state index in [0.717, 1.165) is 12.1 Å². The number of thiophene rings is 1. The first kappa shape index (κ1) is 11.5. The zero-order valence-electron chi connectivity index (χ0n) is 8.82. The fourth-order valence-electron chi connectivity index (χ4n) is 1.64. The van der Waals surface area contributed by atoms with Gasteiger partial charge in [0.15, 0.2) is 5.82 Å². The van der Waals surface area contributed by atoms with Crippen molar-refractivity contribution in [2.45, 2.75) is 0 Å². The van der Waals surface area contributed by atoms with Crippen molar-refractivity contribution in [2.75, 3.05) is 0 Å². The first-order valence-electron chi connectivity index (χ1n) is 5.02. The van der Waals surface area contributed by atoms with Crippen molar-refractivity contribution >= 4 is 33.2 Å². The Morgan fingerprint density at radius 2 is 1.78 bits per heavy atom. The molecule has 3 aromatic rings. The Bertz CT molecular complexity index is 722. The van der Waals surface area contributed by atoms with Crippen LogP contribution in [0, 0.1) is 11.6 Å². The number of nitrogens with zero attached hydrogens (tertiary/aromatic N) is 2. The second-order valence-electron chi connectivity index (χ2n) is 3.57. The molecule has 0 aliphatic rings. The van der Waals surface area contributed by atoms with Crippen molar-refractivity contribution in [3.05, 3.63) is 46.4 Å². The van der Waals surface area contributed by atoms with Gasteiger partial charge in [0.1, 0.15) is 21.6 Å². The van der Waals surface area contributed by atoms with Crippen LogP contribution in [0.1, 0.15) is 0 Å². The summed E-state index contributed by atoms with van der Waals surface area (Å²) in [6.45, 7) is 0. The lowest BCUT2D eigenvalue weighted by atomic mass is 10.2. The van der Waals surface area contributed by atoms with Crippen LogP contribution in [0.15, 0.2) is 29.6 Å². The van der Waals surface area contributed by atoms with Gasteiger partial charge in [0.2, 0.25) is 0 Å². The summed E-state index contributed by atoms with van der Waals surface area (Å²) < 4.78 is 27.3. The lowest BCUT2D eigenvalue weighted by Crippen LogP contribution is -1.96. The quantitative estimate of drug-likeness (QED) is 0.622. The lowest BCUT2D eigenvalue weighted by molar-refractivity contribution is 0.587. The van der Waals surface area contributed by atoms with E-state index in [-0.39, 0.29) is 16.5 Å². The summed E-state index contributed by atoms with van der Waals surface area (Å²) in [6.07, 6.45) is 0. The summed E-state index contributed by atoms with van der Waals surface area (Å²) in [6, 6.07) is 5.38. The third-order valence-corrected chi connectivity index (χ3v) is 3.56. The van der Waals surface area contributed by atoms with E-state index in [2.05, 4.69) is 9.97 Å². The van der Waals surface area contributed by atoms with Crippen LogP contribution in [0.3, 0.4) is 0 Å². The molecule has 2 nitrogen and oxygen atoms in total. The number of fused-ring (bicyclic) bond motifs is 1. The van der Waals surface area contributed by atoms with Gasteiger partial charge in [-0.05, 0) is 23.6 Å². The predicted octanol–water partition coefficient (Wildman–Crippen LogP) is 4.29. The van der Waals surface area contributed by atoms with E-state index in [9.17, 15) is 8.78 Å². The summed E-state index contributed by atoms with van der Waals surface area (Å²) >= 11 is 7.31. The van der Waals surface area contributed by atoms with E-state index in [1.165, 1.54) is 17.4 Å². The Labute approximate surface area is 110 Å². The maximum absolute atomic E-state index is 13.6. The van der Waals surface area contributed by atoms with Crippen molar-refractivity contribution in [3.63, 3.8) is 0 Å². The van der Waals surface area contributed by atoms with Gasteiger partial charge in [-0.1, -0.05) is 17.7 Å². The van der Waals surface area contributed by atoms with Gasteiger partial charge >= 0.3 is 0 Å². The van der Waals surface area contributed by atoms with Crippen molar-refractivity contribution in [1.29, 1.82) is 0 Å². The number of rotatable bonds is 1. The number of benzene rings is 1. The maximum atomic E-state index is 13.6. The third-order valence-electron chi connectivity index (χ3n) is 2.46. The number of halogens is 3. The van der Waals surface area contributed by atoms with Gasteiger partial charge in [0.25, 0.3) is 0 Å². The van der Waals surface area contributed by atoms with Crippen molar-refractivity contribution in [1.82, 2.24) is 9.97 Å². The molecular formula is C12H5ClF2N2S. The molecule has 18 heavy (non-hydrogen) atoms. The Morgan fingerprint density at radius 1 is 1.06 bits per heavy atom. The minimum atomic E-state index is -0.707. The Morgan fingerprint density at radius 3 is 2.50 bits per heavy atom. The summed E-state index contributed by atoms with van der Waals surface area (Å²) in [5, 5.41) is 2.67. The van der Waals surface area contributed by atoms with Crippen LogP contribution >= 0.6 is 22.9 Å². The zero-order valence-corrected chi connectivity index (χ0v) is 10.4. The van der Waals surface area contributed by atoms with Gasteiger partial charge in [-0.15, -0.1) is 11.3 Å². The molecule has 0 unspecified atom stereocenters. The normalized spacial score (nSPS) is 11.1. The van der Waals surface area contributed by atoms with Gasteiger partial charge in [-0.2, -0.15) is 0 Å². The molecule has 0 saturated carbocycles. The Hall–Kier alpha value is -1.59. The molecule has 0 N–H and O–H groups in total. The molecule has 0 aliphatic heterocycles. The average Bonchev–Trinajstić information content (AvgIpc) is 2.77. The molecule has 90 valence electrons. The van der Waals surface area contributed by atoms with Crippen LogP contribution in [0.5, 0.6) is 0 Å². The van der Waals surface area contributed by atoms with E-state index in [0.29, 0.717) is 10.2 Å². The number of hydrogen-bond acceptors (Lipinski definition) is 3. The molecule has 0 aliphatic carbocycles. The first-order chi connectivity index (χ1) is 8.66. The molecule has 3 rings (SSSR count). The molecule has 2 heterocycles. The van der Waals surface area contributed by atoms with Crippen molar-refractivity contribution < 1.29 is 8.78 Å². The molecule has 0 spiro atoms. The highest BCUT2D eigenvalue weighted by Crippen LogP contribution is 2.30. The summed E-state index contributed by atoms with van der Waals surface area (Å²) in [4.78, 5) is 8.68. The van der Waals surface area contributed by atoms with E-state index < -0.39 is 11.6 Å². The minimum absolute atomic E-state index is 0.0365. The molecule has 6 heteroatoms. The van der Waals surface area contributed by atoms with E-state index in [1.807, 2.05) is 0 Å². The largest absolute Gasteiger partial charge is 0.217 e. The topological polar surface area (TPSA) is 25.8 Å². The summed E-state index contributed by atoms with van der Waals surface area (Å²) in [5.41, 5.74) is -0.255. The van der Waals surface area contributed by atoms with Crippen LogP contribution in [0.2, 0.25) is 5.15 Å². The number of aromatic nitrogens is 2. The fraction of sp³-hybridized carbons (Fsp3) is 0. The zero-order chi connectivity index (χ0) is 12.7. The number of hydrogen-bond donors (Lipinski definition) is 0.